The summed E-state index contributed by atoms with van der Waals surface area (Å²) in [5.74, 6) is 0.599. The Morgan fingerprint density at radius 1 is 1.04 bits per heavy atom. The lowest BCUT2D eigenvalue weighted by atomic mass is 10.2. The van der Waals surface area contributed by atoms with Crippen LogP contribution in [0.4, 0.5) is 10.5 Å². The Bertz CT molecular complexity index is 675. The monoisotopic (exact) mass is 349 g/mol. The normalized spacial score (nSPS) is 10.1. The molecular formula is C16H16ClN3O2S. The smallest absolute Gasteiger partial charge is 0.316 e. The summed E-state index contributed by atoms with van der Waals surface area (Å²) in [4.78, 5) is 23.8. The summed E-state index contributed by atoms with van der Waals surface area (Å²) in [7, 11) is 0. The zero-order chi connectivity index (χ0) is 16.7. The molecule has 0 bridgehead atoms. The van der Waals surface area contributed by atoms with Crippen LogP contribution in [0, 0.1) is 0 Å². The highest BCUT2D eigenvalue weighted by Gasteiger charge is 2.05. The predicted octanol–water partition coefficient (Wildman–Crippen LogP) is 3.35. The molecule has 3 amide bonds. The van der Waals surface area contributed by atoms with E-state index in [0.29, 0.717) is 22.8 Å². The van der Waals surface area contributed by atoms with Crippen molar-refractivity contribution in [2.45, 2.75) is 4.90 Å². The van der Waals surface area contributed by atoms with Crippen molar-refractivity contribution in [3.63, 3.8) is 0 Å². The van der Waals surface area contributed by atoms with Crippen molar-refractivity contribution in [1.29, 1.82) is 0 Å². The number of amides is 3. The average Bonchev–Trinajstić information content (AvgIpc) is 2.53. The van der Waals surface area contributed by atoms with Gasteiger partial charge in [-0.2, -0.15) is 0 Å². The molecule has 0 aromatic heterocycles. The number of halogens is 1. The van der Waals surface area contributed by atoms with Crippen LogP contribution < -0.4 is 16.4 Å². The number of hydrogen-bond donors (Lipinski definition) is 3. The number of primary amides is 1. The fourth-order valence-electron chi connectivity index (χ4n) is 1.81. The van der Waals surface area contributed by atoms with Crippen LogP contribution in [-0.2, 0) is 0 Å². The molecule has 0 saturated heterocycles. The van der Waals surface area contributed by atoms with Crippen LogP contribution >= 0.6 is 23.4 Å². The minimum Gasteiger partial charge on any atom is -0.351 e. The van der Waals surface area contributed by atoms with Crippen molar-refractivity contribution in [1.82, 2.24) is 5.32 Å². The lowest BCUT2D eigenvalue weighted by Crippen LogP contribution is -2.25. The van der Waals surface area contributed by atoms with E-state index in [1.165, 1.54) is 0 Å². The zero-order valence-electron chi connectivity index (χ0n) is 12.2. The van der Waals surface area contributed by atoms with Crippen LogP contribution in [-0.4, -0.2) is 24.2 Å². The number of nitrogens with one attached hydrogen (secondary N) is 2. The quantitative estimate of drug-likeness (QED) is 0.552. The van der Waals surface area contributed by atoms with Crippen LogP contribution in [0.25, 0.3) is 0 Å². The van der Waals surface area contributed by atoms with E-state index in [4.69, 9.17) is 17.3 Å². The SMILES string of the molecule is NC(=O)Nc1ccc(C(=O)NCCSc2ccc(Cl)cc2)cc1. The van der Waals surface area contributed by atoms with Gasteiger partial charge in [-0.25, -0.2) is 4.79 Å². The van der Waals surface area contributed by atoms with Crippen LogP contribution in [0.1, 0.15) is 10.4 Å². The third-order valence-electron chi connectivity index (χ3n) is 2.88. The minimum absolute atomic E-state index is 0.160. The number of carbonyl (C=O) groups excluding carboxylic acids is 2. The molecule has 0 heterocycles. The second-order valence-corrected chi connectivity index (χ2v) is 6.23. The Balaban J connectivity index is 1.76. The van der Waals surface area contributed by atoms with E-state index in [-0.39, 0.29) is 5.91 Å². The van der Waals surface area contributed by atoms with Crippen molar-refractivity contribution in [3.05, 3.63) is 59.1 Å². The second kappa shape index (κ2) is 8.45. The van der Waals surface area contributed by atoms with E-state index < -0.39 is 6.03 Å². The molecule has 0 fully saturated rings. The maximum absolute atomic E-state index is 12.0. The first-order chi connectivity index (χ1) is 11.0. The largest absolute Gasteiger partial charge is 0.351 e. The van der Waals surface area contributed by atoms with Crippen LogP contribution in [0.2, 0.25) is 5.02 Å². The molecule has 0 saturated carbocycles. The highest BCUT2D eigenvalue weighted by atomic mass is 35.5. The van der Waals surface area contributed by atoms with Gasteiger partial charge < -0.3 is 16.4 Å². The van der Waals surface area contributed by atoms with Crippen molar-refractivity contribution >= 4 is 41.0 Å². The third kappa shape index (κ3) is 5.84. The van der Waals surface area contributed by atoms with Crippen LogP contribution in [0.5, 0.6) is 0 Å². The van der Waals surface area contributed by atoms with E-state index in [0.717, 1.165) is 10.6 Å². The maximum Gasteiger partial charge on any atom is 0.316 e. The summed E-state index contributed by atoms with van der Waals surface area (Å²) >= 11 is 7.47. The maximum atomic E-state index is 12.0. The average molecular weight is 350 g/mol. The fourth-order valence-corrected chi connectivity index (χ4v) is 2.71. The molecule has 0 radical (unpaired) electrons. The molecule has 0 atom stereocenters. The molecule has 23 heavy (non-hydrogen) atoms. The summed E-state index contributed by atoms with van der Waals surface area (Å²) in [5.41, 5.74) is 6.09. The van der Waals surface area contributed by atoms with Gasteiger partial charge in [-0.3, -0.25) is 4.79 Å². The molecule has 0 unspecified atom stereocenters. The van der Waals surface area contributed by atoms with Crippen molar-refractivity contribution < 1.29 is 9.59 Å². The van der Waals surface area contributed by atoms with Gasteiger partial charge in [0, 0.05) is 33.5 Å². The number of anilines is 1. The first-order valence-electron chi connectivity index (χ1n) is 6.87. The van der Waals surface area contributed by atoms with E-state index in [9.17, 15) is 9.59 Å². The molecule has 0 aliphatic carbocycles. The van der Waals surface area contributed by atoms with Crippen LogP contribution in [0.15, 0.2) is 53.4 Å². The van der Waals surface area contributed by atoms with Gasteiger partial charge in [0.25, 0.3) is 5.91 Å². The summed E-state index contributed by atoms with van der Waals surface area (Å²) in [6.45, 7) is 0.549. The molecule has 0 aliphatic rings. The highest BCUT2D eigenvalue weighted by molar-refractivity contribution is 7.99. The number of thioether (sulfide) groups is 1. The number of benzene rings is 2. The standard InChI is InChI=1S/C16H16ClN3O2S/c17-12-3-7-14(8-4-12)23-10-9-19-15(21)11-1-5-13(6-2-11)20-16(18)22/h1-8H,9-10H2,(H,19,21)(H3,18,20,22). The molecule has 0 aliphatic heterocycles. The van der Waals surface area contributed by atoms with Gasteiger partial charge in [0.2, 0.25) is 0 Å². The molecular weight excluding hydrogens is 334 g/mol. The number of rotatable bonds is 6. The van der Waals surface area contributed by atoms with Gasteiger partial charge in [0.05, 0.1) is 0 Å². The Labute approximate surface area is 143 Å². The Kier molecular flexibility index (Phi) is 6.31. The van der Waals surface area contributed by atoms with Crippen molar-refractivity contribution in [2.24, 2.45) is 5.73 Å². The molecule has 2 aromatic carbocycles. The number of urea groups is 1. The lowest BCUT2D eigenvalue weighted by molar-refractivity contribution is 0.0956. The summed E-state index contributed by atoms with van der Waals surface area (Å²) in [6.07, 6.45) is 0. The van der Waals surface area contributed by atoms with E-state index >= 15 is 0 Å². The van der Waals surface area contributed by atoms with Gasteiger partial charge in [0.15, 0.2) is 0 Å². The molecule has 4 N–H and O–H groups in total. The van der Waals surface area contributed by atoms with E-state index in [1.54, 1.807) is 36.0 Å². The highest BCUT2D eigenvalue weighted by Crippen LogP contribution is 2.19. The molecule has 7 heteroatoms. The van der Waals surface area contributed by atoms with E-state index in [1.807, 2.05) is 24.3 Å². The number of nitrogens with two attached hydrogens (primary N) is 1. The molecule has 5 nitrogen and oxygen atoms in total. The summed E-state index contributed by atoms with van der Waals surface area (Å²) < 4.78 is 0. The van der Waals surface area contributed by atoms with Gasteiger partial charge >= 0.3 is 6.03 Å². The van der Waals surface area contributed by atoms with Crippen molar-refractivity contribution in [3.8, 4) is 0 Å². The minimum atomic E-state index is -0.638. The number of hydrogen-bond acceptors (Lipinski definition) is 3. The van der Waals surface area contributed by atoms with Gasteiger partial charge in [0.1, 0.15) is 0 Å². The van der Waals surface area contributed by atoms with Gasteiger partial charge in [-0.1, -0.05) is 11.6 Å². The Morgan fingerprint density at radius 3 is 2.30 bits per heavy atom. The number of carbonyl (C=O) groups is 2. The van der Waals surface area contributed by atoms with Crippen LogP contribution in [0.3, 0.4) is 0 Å². The molecule has 2 aromatic rings. The topological polar surface area (TPSA) is 84.2 Å². The fraction of sp³-hybridized carbons (Fsp3) is 0.125. The first kappa shape index (κ1) is 17.2. The summed E-state index contributed by atoms with van der Waals surface area (Å²) in [6, 6.07) is 13.4. The van der Waals surface area contributed by atoms with Gasteiger partial charge in [-0.15, -0.1) is 11.8 Å². The Morgan fingerprint density at radius 2 is 1.70 bits per heavy atom. The molecule has 2 rings (SSSR count). The van der Waals surface area contributed by atoms with Gasteiger partial charge in [-0.05, 0) is 48.5 Å². The second-order valence-electron chi connectivity index (χ2n) is 4.62. The van der Waals surface area contributed by atoms with Crippen molar-refractivity contribution in [2.75, 3.05) is 17.6 Å². The zero-order valence-corrected chi connectivity index (χ0v) is 13.8. The third-order valence-corrected chi connectivity index (χ3v) is 4.15. The Hall–Kier alpha value is -2.18. The lowest BCUT2D eigenvalue weighted by Gasteiger charge is -2.07. The molecule has 0 spiro atoms. The molecule has 120 valence electrons. The van der Waals surface area contributed by atoms with E-state index in [2.05, 4.69) is 10.6 Å². The predicted molar refractivity (Wildman–Crippen MR) is 94.2 cm³/mol. The first-order valence-corrected chi connectivity index (χ1v) is 8.24. The summed E-state index contributed by atoms with van der Waals surface area (Å²) in [5, 5.41) is 5.99.